The zero-order valence-electron chi connectivity index (χ0n) is 42.9. The van der Waals surface area contributed by atoms with Crippen molar-refractivity contribution >= 4 is 28.1 Å². The van der Waals surface area contributed by atoms with E-state index in [0.29, 0.717) is 0 Å². The normalized spacial score (nSPS) is 11.7. The first-order chi connectivity index (χ1) is 34.5. The SMILES string of the molecule is C=C(C)c1ccc2c(c1)C1(c3ccccc3-c3ccccc31)c1cc(-c3cccc(C(C)=Nc4ccccc4C)c3)ccc1-2.C=C(C)c1ccccc1.C=C(C)c1ccccc1.CC.Cc1ccccc1. The Morgan fingerprint density at radius 2 is 0.775 bits per heavy atom. The molecule has 0 unspecified atom stereocenters. The van der Waals surface area contributed by atoms with Gasteiger partial charge in [0.2, 0.25) is 0 Å². The zero-order chi connectivity index (χ0) is 50.5. The van der Waals surface area contributed by atoms with Gasteiger partial charge in [-0.15, -0.1) is 0 Å². The van der Waals surface area contributed by atoms with Gasteiger partial charge < -0.3 is 0 Å². The molecule has 0 N–H and O–H groups in total. The van der Waals surface area contributed by atoms with Crippen LogP contribution in [0, 0.1) is 13.8 Å². The molecule has 9 aromatic rings. The Kier molecular flexibility index (Phi) is 16.8. The van der Waals surface area contributed by atoms with Gasteiger partial charge >= 0.3 is 0 Å². The van der Waals surface area contributed by atoms with Crippen LogP contribution in [0.3, 0.4) is 0 Å². The fourth-order valence-corrected chi connectivity index (χ4v) is 9.42. The van der Waals surface area contributed by atoms with Gasteiger partial charge in [0, 0.05) is 5.71 Å². The van der Waals surface area contributed by atoms with Gasteiger partial charge in [-0.1, -0.05) is 256 Å². The van der Waals surface area contributed by atoms with E-state index in [2.05, 4.69) is 211 Å². The van der Waals surface area contributed by atoms with Gasteiger partial charge in [0.15, 0.2) is 0 Å². The summed E-state index contributed by atoms with van der Waals surface area (Å²) in [6.45, 7) is 28.4. The number of nitrogens with zero attached hydrogens (tertiary/aromatic N) is 1. The summed E-state index contributed by atoms with van der Waals surface area (Å²) in [5.74, 6) is 0. The lowest BCUT2D eigenvalue weighted by atomic mass is 9.70. The number of aryl methyl sites for hydroxylation is 2. The second-order valence-corrected chi connectivity index (χ2v) is 18.2. The van der Waals surface area contributed by atoms with Gasteiger partial charge in [0.1, 0.15) is 0 Å². The summed E-state index contributed by atoms with van der Waals surface area (Å²) in [5.41, 5.74) is 25.3. The Morgan fingerprint density at radius 1 is 0.352 bits per heavy atom. The first kappa shape index (κ1) is 50.7. The van der Waals surface area contributed by atoms with Crippen LogP contribution in [0.15, 0.2) is 249 Å². The molecule has 11 rings (SSSR count). The van der Waals surface area contributed by atoms with Crippen LogP contribution >= 0.6 is 0 Å². The average Bonchev–Trinajstić information content (AvgIpc) is 3.88. The highest BCUT2D eigenvalue weighted by molar-refractivity contribution is 6.02. The van der Waals surface area contributed by atoms with Crippen molar-refractivity contribution in [2.45, 2.75) is 60.8 Å². The van der Waals surface area contributed by atoms with E-state index in [1.54, 1.807) is 0 Å². The molecule has 1 nitrogen and oxygen atoms in total. The molecular weight excluding hydrogens is 855 g/mol. The lowest BCUT2D eigenvalue weighted by Crippen LogP contribution is -2.26. The Balaban J connectivity index is 0.000000222. The molecule has 9 aromatic carbocycles. The molecule has 0 aliphatic heterocycles. The molecule has 352 valence electrons. The van der Waals surface area contributed by atoms with Gasteiger partial charge in [-0.05, 0) is 149 Å². The molecule has 2 aliphatic rings. The summed E-state index contributed by atoms with van der Waals surface area (Å²) >= 11 is 0. The molecule has 0 saturated heterocycles. The lowest BCUT2D eigenvalue weighted by Gasteiger charge is -2.31. The molecule has 1 heteroatoms. The Labute approximate surface area is 425 Å². The van der Waals surface area contributed by atoms with Crippen molar-refractivity contribution in [2.24, 2.45) is 4.99 Å². The molecule has 0 heterocycles. The number of fused-ring (bicyclic) bond motifs is 10. The van der Waals surface area contributed by atoms with Gasteiger partial charge in [0.05, 0.1) is 11.1 Å². The lowest BCUT2D eigenvalue weighted by molar-refractivity contribution is 0.793. The quantitative estimate of drug-likeness (QED) is 0.147. The largest absolute Gasteiger partial charge is 0.253 e. The zero-order valence-corrected chi connectivity index (χ0v) is 42.9. The number of aliphatic imine (C=N–C) groups is 1. The van der Waals surface area contributed by atoms with Crippen molar-refractivity contribution in [1.29, 1.82) is 0 Å². The number of allylic oxidation sites excluding steroid dienone is 3. The average molecular weight is 922 g/mol. The molecule has 71 heavy (non-hydrogen) atoms. The van der Waals surface area contributed by atoms with Crippen LogP contribution in [0.5, 0.6) is 0 Å². The van der Waals surface area contributed by atoms with E-state index in [0.717, 1.165) is 33.7 Å². The number of para-hydroxylation sites is 1. The maximum atomic E-state index is 4.99. The number of hydrogen-bond donors (Lipinski definition) is 0. The fraction of sp³-hybridized carbons (Fsp3) is 0.129. The minimum Gasteiger partial charge on any atom is -0.253 e. The van der Waals surface area contributed by atoms with Crippen LogP contribution in [0.2, 0.25) is 0 Å². The van der Waals surface area contributed by atoms with Crippen LogP contribution in [-0.4, -0.2) is 5.71 Å². The van der Waals surface area contributed by atoms with Crippen molar-refractivity contribution in [3.8, 4) is 33.4 Å². The van der Waals surface area contributed by atoms with Gasteiger partial charge in [-0.2, -0.15) is 0 Å². The van der Waals surface area contributed by atoms with Crippen LogP contribution < -0.4 is 0 Å². The van der Waals surface area contributed by atoms with Crippen molar-refractivity contribution in [1.82, 2.24) is 0 Å². The monoisotopic (exact) mass is 922 g/mol. The van der Waals surface area contributed by atoms with E-state index < -0.39 is 0 Å². The molecule has 0 radical (unpaired) electrons. The topological polar surface area (TPSA) is 12.4 Å². The maximum absolute atomic E-state index is 4.99. The van der Waals surface area contributed by atoms with E-state index in [9.17, 15) is 0 Å². The first-order valence-electron chi connectivity index (χ1n) is 24.8. The molecule has 0 aromatic heterocycles. The molecule has 0 amide bonds. The minimum absolute atomic E-state index is 0.390. The van der Waals surface area contributed by atoms with Crippen LogP contribution in [0.25, 0.3) is 50.1 Å². The Hall–Kier alpha value is -8.13. The third kappa shape index (κ3) is 11.2. The molecule has 0 fully saturated rings. The van der Waals surface area contributed by atoms with Crippen LogP contribution in [0.4, 0.5) is 5.69 Å². The third-order valence-corrected chi connectivity index (χ3v) is 13.1. The summed E-state index contributed by atoms with van der Waals surface area (Å²) in [4.78, 5) is 4.99. The summed E-state index contributed by atoms with van der Waals surface area (Å²) in [7, 11) is 0. The van der Waals surface area contributed by atoms with Crippen LogP contribution in [0.1, 0.15) is 97.2 Å². The summed E-state index contributed by atoms with van der Waals surface area (Å²) in [6, 6.07) is 79.6. The summed E-state index contributed by atoms with van der Waals surface area (Å²) in [6.07, 6.45) is 0. The van der Waals surface area contributed by atoms with Gasteiger partial charge in [0.25, 0.3) is 0 Å². The van der Waals surface area contributed by atoms with E-state index in [1.807, 2.05) is 88.4 Å². The number of hydrogen-bond acceptors (Lipinski definition) is 1. The number of benzene rings is 9. The van der Waals surface area contributed by atoms with Crippen molar-refractivity contribution < 1.29 is 0 Å². The number of rotatable bonds is 6. The van der Waals surface area contributed by atoms with Crippen molar-refractivity contribution in [3.63, 3.8) is 0 Å². The van der Waals surface area contributed by atoms with Gasteiger partial charge in [-0.3, -0.25) is 4.99 Å². The predicted molar refractivity (Wildman–Crippen MR) is 311 cm³/mol. The van der Waals surface area contributed by atoms with E-state index in [4.69, 9.17) is 4.99 Å². The predicted octanol–water partition coefficient (Wildman–Crippen LogP) is 19.6. The van der Waals surface area contributed by atoms with Crippen molar-refractivity contribution in [2.75, 3.05) is 0 Å². The van der Waals surface area contributed by atoms with E-state index >= 15 is 0 Å². The van der Waals surface area contributed by atoms with Crippen molar-refractivity contribution in [3.05, 3.63) is 300 Å². The standard InChI is InChI=1S/C43H33N.2C9H10.C7H8.C2H6/c1-27(2)30-20-22-36-37-23-21-33(32-14-11-13-31(24-32)29(4)44-42-19-10-5-12-28(42)3)26-41(37)43(40(36)25-30)38-17-8-6-15-34(38)35-16-7-9-18-39(35)43;2*1-8(2)9-6-4-3-5-7-9;1-7-5-3-2-4-6-7;1-2/h5-26H,1H2,2-4H3;2*3-7H,1H2,2H3;2-6H,1H3;1-2H3. The summed E-state index contributed by atoms with van der Waals surface area (Å²) < 4.78 is 0. The van der Waals surface area contributed by atoms with E-state index in [-0.39, 0.29) is 5.41 Å². The first-order valence-corrected chi connectivity index (χ1v) is 24.8. The molecule has 2 aliphatic carbocycles. The molecule has 1 spiro atoms. The molecule has 0 bridgehead atoms. The van der Waals surface area contributed by atoms with Gasteiger partial charge in [-0.25, -0.2) is 0 Å². The second kappa shape index (κ2) is 23.5. The summed E-state index contributed by atoms with van der Waals surface area (Å²) in [5, 5.41) is 0. The fourth-order valence-electron chi connectivity index (χ4n) is 9.42. The second-order valence-electron chi connectivity index (χ2n) is 18.2. The van der Waals surface area contributed by atoms with E-state index in [1.165, 1.54) is 83.5 Å². The third-order valence-electron chi connectivity index (χ3n) is 13.1. The minimum atomic E-state index is -0.390. The highest BCUT2D eigenvalue weighted by atomic mass is 14.7. The molecule has 0 saturated carbocycles. The Bertz CT molecular complexity index is 3220. The highest BCUT2D eigenvalue weighted by Crippen LogP contribution is 2.63. The van der Waals surface area contributed by atoms with Crippen LogP contribution in [-0.2, 0) is 5.41 Å². The maximum Gasteiger partial charge on any atom is 0.0725 e. The smallest absolute Gasteiger partial charge is 0.0725 e. The highest BCUT2D eigenvalue weighted by Gasteiger charge is 2.51. The molecular formula is C70H67N. The molecule has 0 atom stereocenters. The Morgan fingerprint density at radius 3 is 1.27 bits per heavy atom.